The van der Waals surface area contributed by atoms with Gasteiger partial charge < -0.3 is 0 Å². The van der Waals surface area contributed by atoms with E-state index in [1.165, 1.54) is 0 Å². The van der Waals surface area contributed by atoms with Gasteiger partial charge in [0.2, 0.25) is 0 Å². The summed E-state index contributed by atoms with van der Waals surface area (Å²) >= 11 is 0. The summed E-state index contributed by atoms with van der Waals surface area (Å²) in [5.74, 6) is 2.66. The molecule has 0 aromatic carbocycles. The number of nitrogens with zero attached hydrogens (tertiary/aromatic N) is 2. The summed E-state index contributed by atoms with van der Waals surface area (Å²) in [6.45, 7) is 3.83. The third kappa shape index (κ3) is 1.78. The van der Waals surface area contributed by atoms with Gasteiger partial charge in [-0.1, -0.05) is 5.92 Å². The van der Waals surface area contributed by atoms with Crippen LogP contribution in [0.5, 0.6) is 0 Å². The van der Waals surface area contributed by atoms with Crippen LogP contribution in [0.3, 0.4) is 0 Å². The van der Waals surface area contributed by atoms with Crippen LogP contribution in [0.1, 0.15) is 24.2 Å². The largest absolute Gasteiger partial charge is 0.258 e. The average Bonchev–Trinajstić information content (AvgIpc) is 2.05. The fourth-order valence-corrected chi connectivity index (χ4v) is 0.712. The van der Waals surface area contributed by atoms with Crippen molar-refractivity contribution >= 4 is 0 Å². The maximum absolute atomic E-state index is 5.22. The van der Waals surface area contributed by atoms with Gasteiger partial charge in [0.25, 0.3) is 0 Å². The molecule has 0 unspecified atom stereocenters. The number of aromatic nitrogens is 2. The molecule has 0 spiro atoms. The summed E-state index contributed by atoms with van der Waals surface area (Å²) in [4.78, 5) is 8.23. The highest BCUT2D eigenvalue weighted by Crippen LogP contribution is 2.08. The Bertz CT molecular complexity index is 269. The molecule has 2 nitrogen and oxygen atoms in total. The van der Waals surface area contributed by atoms with E-state index in [2.05, 4.69) is 15.9 Å². The van der Waals surface area contributed by atoms with Crippen molar-refractivity contribution in [3.8, 4) is 12.3 Å². The van der Waals surface area contributed by atoms with Crippen molar-refractivity contribution in [3.05, 3.63) is 23.8 Å². The molecule has 0 aliphatic rings. The second kappa shape index (κ2) is 3.16. The Hall–Kier alpha value is -1.36. The average molecular weight is 146 g/mol. The predicted molar refractivity (Wildman–Crippen MR) is 44.0 cm³/mol. The molecule has 0 fully saturated rings. The van der Waals surface area contributed by atoms with E-state index >= 15 is 0 Å². The standard InChI is InChI=1S/C9H10N2/c1-4-7(2)9-6-10-8(3)5-11-9/h1,5-7H,2-3H3/t7-/m1/s1. The lowest BCUT2D eigenvalue weighted by Crippen LogP contribution is -1.95. The lowest BCUT2D eigenvalue weighted by molar-refractivity contribution is 0.904. The van der Waals surface area contributed by atoms with Crippen molar-refractivity contribution in [3.63, 3.8) is 0 Å². The fourth-order valence-electron chi connectivity index (χ4n) is 0.712. The number of terminal acetylenes is 1. The highest BCUT2D eigenvalue weighted by molar-refractivity contribution is 5.15. The first-order valence-corrected chi connectivity index (χ1v) is 3.48. The van der Waals surface area contributed by atoms with Crippen LogP contribution in [0, 0.1) is 19.3 Å². The Morgan fingerprint density at radius 3 is 2.64 bits per heavy atom. The van der Waals surface area contributed by atoms with Crippen LogP contribution in [0.4, 0.5) is 0 Å². The summed E-state index contributed by atoms with van der Waals surface area (Å²) in [6.07, 6.45) is 8.67. The van der Waals surface area contributed by atoms with Crippen molar-refractivity contribution in [1.29, 1.82) is 0 Å². The van der Waals surface area contributed by atoms with Crippen molar-refractivity contribution < 1.29 is 0 Å². The van der Waals surface area contributed by atoms with E-state index in [1.54, 1.807) is 12.4 Å². The summed E-state index contributed by atoms with van der Waals surface area (Å²) in [6, 6.07) is 0. The molecule has 1 rings (SSSR count). The van der Waals surface area contributed by atoms with E-state index < -0.39 is 0 Å². The zero-order chi connectivity index (χ0) is 8.27. The highest BCUT2D eigenvalue weighted by Gasteiger charge is 2.01. The van der Waals surface area contributed by atoms with Gasteiger partial charge in [-0.05, 0) is 13.8 Å². The van der Waals surface area contributed by atoms with Crippen LogP contribution >= 0.6 is 0 Å². The van der Waals surface area contributed by atoms with Crippen molar-refractivity contribution in [2.45, 2.75) is 19.8 Å². The first-order valence-electron chi connectivity index (χ1n) is 3.48. The predicted octanol–water partition coefficient (Wildman–Crippen LogP) is 1.52. The van der Waals surface area contributed by atoms with Crippen LogP contribution < -0.4 is 0 Å². The molecule has 0 N–H and O–H groups in total. The Kier molecular flexibility index (Phi) is 2.22. The molecule has 0 aliphatic heterocycles. The molecule has 11 heavy (non-hydrogen) atoms. The topological polar surface area (TPSA) is 25.8 Å². The van der Waals surface area contributed by atoms with Crippen LogP contribution in [-0.2, 0) is 0 Å². The maximum Gasteiger partial charge on any atom is 0.0734 e. The third-order valence-electron chi connectivity index (χ3n) is 1.49. The molecule has 1 heterocycles. The van der Waals surface area contributed by atoms with Crippen LogP contribution in [0.2, 0.25) is 0 Å². The van der Waals surface area contributed by atoms with E-state index in [9.17, 15) is 0 Å². The van der Waals surface area contributed by atoms with Crippen molar-refractivity contribution in [2.24, 2.45) is 0 Å². The SMILES string of the molecule is C#C[C@@H](C)c1cnc(C)cn1. The molecular formula is C9H10N2. The van der Waals surface area contributed by atoms with Crippen molar-refractivity contribution in [2.75, 3.05) is 0 Å². The van der Waals surface area contributed by atoms with E-state index in [1.807, 2.05) is 13.8 Å². The summed E-state index contributed by atoms with van der Waals surface area (Å²) in [5.41, 5.74) is 1.77. The van der Waals surface area contributed by atoms with E-state index in [-0.39, 0.29) is 5.92 Å². The Morgan fingerprint density at radius 1 is 1.45 bits per heavy atom. The van der Waals surface area contributed by atoms with Gasteiger partial charge >= 0.3 is 0 Å². The maximum atomic E-state index is 5.22. The Balaban J connectivity index is 2.92. The second-order valence-corrected chi connectivity index (χ2v) is 2.47. The van der Waals surface area contributed by atoms with Gasteiger partial charge in [0, 0.05) is 12.4 Å². The van der Waals surface area contributed by atoms with E-state index in [0.29, 0.717) is 0 Å². The van der Waals surface area contributed by atoms with Crippen LogP contribution in [0.25, 0.3) is 0 Å². The molecule has 0 bridgehead atoms. The fraction of sp³-hybridized carbons (Fsp3) is 0.333. The molecule has 2 heteroatoms. The summed E-state index contributed by atoms with van der Waals surface area (Å²) in [5, 5.41) is 0. The molecule has 0 saturated carbocycles. The first kappa shape index (κ1) is 7.74. The van der Waals surface area contributed by atoms with Gasteiger partial charge in [-0.25, -0.2) is 0 Å². The zero-order valence-electron chi connectivity index (χ0n) is 6.70. The highest BCUT2D eigenvalue weighted by atomic mass is 14.8. The van der Waals surface area contributed by atoms with Gasteiger partial charge in [-0.2, -0.15) is 0 Å². The lowest BCUT2D eigenvalue weighted by atomic mass is 10.1. The molecule has 1 aromatic heterocycles. The molecule has 1 aromatic rings. The molecule has 56 valence electrons. The third-order valence-corrected chi connectivity index (χ3v) is 1.49. The van der Waals surface area contributed by atoms with Crippen LogP contribution in [-0.4, -0.2) is 9.97 Å². The number of hydrogen-bond acceptors (Lipinski definition) is 2. The van der Waals surface area contributed by atoms with Gasteiger partial charge in [0.05, 0.1) is 17.3 Å². The van der Waals surface area contributed by atoms with Gasteiger partial charge in [-0.15, -0.1) is 6.42 Å². The molecule has 0 amide bonds. The molecule has 1 atom stereocenters. The minimum atomic E-state index is 0.0584. The second-order valence-electron chi connectivity index (χ2n) is 2.47. The van der Waals surface area contributed by atoms with Gasteiger partial charge in [0.1, 0.15) is 0 Å². The molecular weight excluding hydrogens is 136 g/mol. The van der Waals surface area contributed by atoms with Gasteiger partial charge in [0.15, 0.2) is 0 Å². The number of rotatable bonds is 1. The summed E-state index contributed by atoms with van der Waals surface area (Å²) < 4.78 is 0. The Morgan fingerprint density at radius 2 is 2.18 bits per heavy atom. The lowest BCUT2D eigenvalue weighted by Gasteiger charge is -2.01. The van der Waals surface area contributed by atoms with Crippen molar-refractivity contribution in [1.82, 2.24) is 9.97 Å². The monoisotopic (exact) mass is 146 g/mol. The smallest absolute Gasteiger partial charge is 0.0734 e. The van der Waals surface area contributed by atoms with Crippen LogP contribution in [0.15, 0.2) is 12.4 Å². The Labute approximate surface area is 66.7 Å². The first-order chi connectivity index (χ1) is 5.24. The van der Waals surface area contributed by atoms with E-state index in [4.69, 9.17) is 6.42 Å². The minimum Gasteiger partial charge on any atom is -0.258 e. The quantitative estimate of drug-likeness (QED) is 0.561. The number of aryl methyl sites for hydroxylation is 1. The summed E-state index contributed by atoms with van der Waals surface area (Å²) in [7, 11) is 0. The van der Waals surface area contributed by atoms with E-state index in [0.717, 1.165) is 11.4 Å². The normalized spacial score (nSPS) is 12.1. The molecule has 0 radical (unpaired) electrons. The number of hydrogen-bond donors (Lipinski definition) is 0. The molecule has 0 aliphatic carbocycles. The van der Waals surface area contributed by atoms with Gasteiger partial charge in [-0.3, -0.25) is 9.97 Å². The zero-order valence-corrected chi connectivity index (χ0v) is 6.70. The molecule has 0 saturated heterocycles. The minimum absolute atomic E-state index is 0.0584.